The summed E-state index contributed by atoms with van der Waals surface area (Å²) in [6, 6.07) is 7.87. The monoisotopic (exact) mass is 375 g/mol. The summed E-state index contributed by atoms with van der Waals surface area (Å²) in [7, 11) is 0. The van der Waals surface area contributed by atoms with E-state index in [4.69, 9.17) is 4.42 Å². The zero-order valence-corrected chi connectivity index (χ0v) is 14.8. The van der Waals surface area contributed by atoms with E-state index in [0.29, 0.717) is 18.5 Å². The van der Waals surface area contributed by atoms with Crippen molar-refractivity contribution in [2.24, 2.45) is 0 Å². The number of oxazole rings is 1. The molecule has 1 aromatic carbocycles. The third-order valence-corrected chi connectivity index (χ3v) is 5.05. The van der Waals surface area contributed by atoms with Crippen molar-refractivity contribution >= 4 is 34.0 Å². The predicted molar refractivity (Wildman–Crippen MR) is 97.2 cm³/mol. The highest BCUT2D eigenvalue weighted by atomic mass is 32.1. The first-order valence-corrected chi connectivity index (χ1v) is 8.94. The lowest BCUT2D eigenvalue weighted by atomic mass is 10.2. The van der Waals surface area contributed by atoms with Gasteiger partial charge in [0.1, 0.15) is 0 Å². The highest BCUT2D eigenvalue weighted by Gasteiger charge is 2.15. The van der Waals surface area contributed by atoms with Gasteiger partial charge in [-0.05, 0) is 30.9 Å². The van der Waals surface area contributed by atoms with Gasteiger partial charge < -0.3 is 9.73 Å². The first-order valence-electron chi connectivity index (χ1n) is 8.06. The number of rotatable bonds is 7. The number of hydrogen-bond acceptors (Lipinski definition) is 6. The summed E-state index contributed by atoms with van der Waals surface area (Å²) in [5.74, 6) is -0.685. The van der Waals surface area contributed by atoms with Gasteiger partial charge in [0.2, 0.25) is 5.91 Å². The van der Waals surface area contributed by atoms with Crippen LogP contribution in [0.15, 0.2) is 44.9 Å². The van der Waals surface area contributed by atoms with Crippen molar-refractivity contribution < 1.29 is 14.1 Å². The van der Waals surface area contributed by atoms with Crippen molar-refractivity contribution in [3.05, 3.63) is 61.3 Å². The summed E-state index contributed by atoms with van der Waals surface area (Å²) in [6.45, 7) is 2.22. The molecule has 1 amide bonds. The summed E-state index contributed by atoms with van der Waals surface area (Å²) in [4.78, 5) is 35.3. The Hall–Kier alpha value is -2.94. The molecule has 8 nitrogen and oxygen atoms in total. The van der Waals surface area contributed by atoms with Crippen LogP contribution >= 0.6 is 11.3 Å². The minimum absolute atomic E-state index is 0.0551. The predicted octanol–water partition coefficient (Wildman–Crippen LogP) is 3.22. The Balaban J connectivity index is 1.61. The molecule has 9 heteroatoms. The molecule has 0 spiro atoms. The van der Waals surface area contributed by atoms with E-state index in [-0.39, 0.29) is 29.6 Å². The van der Waals surface area contributed by atoms with Gasteiger partial charge >= 0.3 is 5.76 Å². The van der Waals surface area contributed by atoms with Crippen LogP contribution < -0.4 is 11.1 Å². The number of nitrogens with one attached hydrogen (secondary N) is 1. The maximum Gasteiger partial charge on any atom is 0.419 e. The highest BCUT2D eigenvalue weighted by Crippen LogP contribution is 2.21. The SMILES string of the molecule is C[C@@H](NC(=O)CCCn1c(=O)oc2cc([N+](=O)[O-])ccc21)c1cccs1. The molecule has 3 aromatic rings. The second-order valence-electron chi connectivity index (χ2n) is 5.84. The summed E-state index contributed by atoms with van der Waals surface area (Å²) >= 11 is 1.58. The average Bonchev–Trinajstić information content (AvgIpc) is 3.22. The molecule has 3 rings (SSSR count). The number of aryl methyl sites for hydroxylation is 1. The molecule has 1 atom stereocenters. The zero-order valence-electron chi connectivity index (χ0n) is 14.0. The smallest absolute Gasteiger partial charge is 0.407 e. The van der Waals surface area contributed by atoms with E-state index >= 15 is 0 Å². The number of nitrogens with zero attached hydrogens (tertiary/aromatic N) is 2. The molecule has 136 valence electrons. The Morgan fingerprint density at radius 1 is 1.42 bits per heavy atom. The second-order valence-corrected chi connectivity index (χ2v) is 6.82. The fourth-order valence-corrected chi connectivity index (χ4v) is 3.43. The summed E-state index contributed by atoms with van der Waals surface area (Å²) < 4.78 is 6.45. The molecule has 26 heavy (non-hydrogen) atoms. The molecule has 0 bridgehead atoms. The molecule has 0 unspecified atom stereocenters. The fraction of sp³-hybridized carbons (Fsp3) is 0.294. The molecule has 0 fully saturated rings. The van der Waals surface area contributed by atoms with Gasteiger partial charge in [0.25, 0.3) is 5.69 Å². The van der Waals surface area contributed by atoms with Crippen molar-refractivity contribution in [1.82, 2.24) is 9.88 Å². The van der Waals surface area contributed by atoms with Crippen molar-refractivity contribution in [2.45, 2.75) is 32.4 Å². The fourth-order valence-electron chi connectivity index (χ4n) is 2.70. The van der Waals surface area contributed by atoms with Crippen LogP contribution in [-0.2, 0) is 11.3 Å². The standard InChI is InChI=1S/C17H17N3O5S/c1-11(15-4-3-9-26-15)18-16(21)5-2-8-19-13-7-6-12(20(23)24)10-14(13)25-17(19)22/h3-4,6-7,9-11H,2,5,8H2,1H3,(H,18,21)/t11-/m1/s1. The molecule has 0 saturated carbocycles. The van der Waals surface area contributed by atoms with Crippen LogP contribution in [0.2, 0.25) is 0 Å². The number of fused-ring (bicyclic) bond motifs is 1. The molecule has 0 radical (unpaired) electrons. The molecule has 2 heterocycles. The second kappa shape index (κ2) is 7.52. The Bertz CT molecular complexity index is 990. The van der Waals surface area contributed by atoms with E-state index in [9.17, 15) is 19.7 Å². The van der Waals surface area contributed by atoms with Gasteiger partial charge in [-0.2, -0.15) is 0 Å². The van der Waals surface area contributed by atoms with Crippen molar-refractivity contribution in [1.29, 1.82) is 0 Å². The van der Waals surface area contributed by atoms with Crippen LogP contribution in [0.3, 0.4) is 0 Å². The lowest BCUT2D eigenvalue weighted by molar-refractivity contribution is -0.384. The lowest BCUT2D eigenvalue weighted by Gasteiger charge is -2.12. The molecule has 0 aliphatic rings. The number of amides is 1. The number of nitro benzene ring substituents is 1. The maximum absolute atomic E-state index is 12.1. The molecule has 0 aliphatic carbocycles. The minimum Gasteiger partial charge on any atom is -0.407 e. The first kappa shape index (κ1) is 17.9. The normalized spacial score (nSPS) is 12.2. The largest absolute Gasteiger partial charge is 0.419 e. The van der Waals surface area contributed by atoms with Gasteiger partial charge in [-0.3, -0.25) is 19.5 Å². The number of thiophene rings is 1. The number of carbonyl (C=O) groups excluding carboxylic acids is 1. The van der Waals surface area contributed by atoms with Gasteiger partial charge in [-0.25, -0.2) is 4.79 Å². The summed E-state index contributed by atoms with van der Waals surface area (Å²) in [5, 5.41) is 15.7. The Kier molecular flexibility index (Phi) is 5.17. The summed E-state index contributed by atoms with van der Waals surface area (Å²) in [5.41, 5.74) is 0.508. The van der Waals surface area contributed by atoms with Crippen LogP contribution in [0.25, 0.3) is 11.1 Å². The third-order valence-electron chi connectivity index (χ3n) is 4.00. The maximum atomic E-state index is 12.1. The van der Waals surface area contributed by atoms with Gasteiger partial charge in [-0.15, -0.1) is 11.3 Å². The summed E-state index contributed by atoms with van der Waals surface area (Å²) in [6.07, 6.45) is 0.719. The zero-order chi connectivity index (χ0) is 18.7. The molecule has 0 saturated heterocycles. The minimum atomic E-state index is -0.590. The van der Waals surface area contributed by atoms with Gasteiger partial charge in [0, 0.05) is 23.9 Å². The van der Waals surface area contributed by atoms with E-state index < -0.39 is 10.7 Å². The van der Waals surface area contributed by atoms with Crippen molar-refractivity contribution in [3.63, 3.8) is 0 Å². The van der Waals surface area contributed by atoms with Gasteiger partial charge in [-0.1, -0.05) is 6.07 Å². The van der Waals surface area contributed by atoms with Crippen LogP contribution in [0, 0.1) is 10.1 Å². The van der Waals surface area contributed by atoms with E-state index in [1.807, 2.05) is 24.4 Å². The third kappa shape index (κ3) is 3.83. The van der Waals surface area contributed by atoms with Crippen molar-refractivity contribution in [3.8, 4) is 0 Å². The number of nitro groups is 1. The van der Waals surface area contributed by atoms with Crippen LogP contribution in [0.4, 0.5) is 5.69 Å². The average molecular weight is 375 g/mol. The molecular weight excluding hydrogens is 358 g/mol. The molecule has 1 N–H and O–H groups in total. The van der Waals surface area contributed by atoms with Crippen LogP contribution in [0.5, 0.6) is 0 Å². The lowest BCUT2D eigenvalue weighted by Crippen LogP contribution is -2.26. The number of non-ortho nitro benzene ring substituents is 1. The molecule has 2 aromatic heterocycles. The van der Waals surface area contributed by atoms with E-state index in [2.05, 4.69) is 5.32 Å². The quantitative estimate of drug-likeness (QED) is 0.504. The van der Waals surface area contributed by atoms with Crippen LogP contribution in [-0.4, -0.2) is 15.4 Å². The Morgan fingerprint density at radius 3 is 2.92 bits per heavy atom. The van der Waals surface area contributed by atoms with E-state index in [0.717, 1.165) is 4.88 Å². The Labute approximate surface area is 152 Å². The van der Waals surface area contributed by atoms with E-state index in [1.165, 1.54) is 22.8 Å². The topological polar surface area (TPSA) is 107 Å². The molecule has 0 aliphatic heterocycles. The first-order chi connectivity index (χ1) is 12.5. The van der Waals surface area contributed by atoms with Crippen molar-refractivity contribution in [2.75, 3.05) is 0 Å². The van der Waals surface area contributed by atoms with Gasteiger partial charge in [0.05, 0.1) is 22.5 Å². The van der Waals surface area contributed by atoms with Crippen LogP contribution in [0.1, 0.15) is 30.7 Å². The number of hydrogen-bond donors (Lipinski definition) is 1. The number of aromatic nitrogens is 1. The van der Waals surface area contributed by atoms with Gasteiger partial charge in [0.15, 0.2) is 5.58 Å². The van der Waals surface area contributed by atoms with E-state index in [1.54, 1.807) is 11.3 Å². The number of carbonyl (C=O) groups is 1. The Morgan fingerprint density at radius 2 is 2.23 bits per heavy atom. The highest BCUT2D eigenvalue weighted by molar-refractivity contribution is 7.10. The molecular formula is C17H17N3O5S. The number of benzene rings is 1.